The number of imidazole rings is 1. The maximum Gasteiger partial charge on any atom is 0.152 e. The van der Waals surface area contributed by atoms with Crippen LogP contribution in [0.4, 0.5) is 5.82 Å². The quantitative estimate of drug-likeness (QED) is 0.192. The number of hydrogen-bond acceptors (Lipinski definition) is 3. The average Bonchev–Trinajstić information content (AvgIpc) is 3.23. The van der Waals surface area contributed by atoms with Crippen molar-refractivity contribution in [1.29, 1.82) is 0 Å². The van der Waals surface area contributed by atoms with Crippen molar-refractivity contribution in [2.45, 2.75) is 38.6 Å². The molecule has 172 valence electrons. The lowest BCUT2D eigenvalue weighted by Gasteiger charge is -2.13. The van der Waals surface area contributed by atoms with Gasteiger partial charge in [0.25, 0.3) is 0 Å². The smallest absolute Gasteiger partial charge is 0.152 e. The van der Waals surface area contributed by atoms with Crippen molar-refractivity contribution in [3.63, 3.8) is 0 Å². The number of aromatic nitrogens is 3. The predicted octanol–water partition coefficient (Wildman–Crippen LogP) is 6.76. The van der Waals surface area contributed by atoms with Crippen molar-refractivity contribution in [3.8, 4) is 0 Å². The molecule has 0 aliphatic carbocycles. The molecule has 2 N–H and O–H groups in total. The number of fused-ring (bicyclic) bond motifs is 3. The van der Waals surface area contributed by atoms with Gasteiger partial charge in [0.15, 0.2) is 5.82 Å². The number of nitrogens with two attached hydrogens (primary N) is 1. The molecule has 5 heteroatoms. The summed E-state index contributed by atoms with van der Waals surface area (Å²) in [5.74, 6) is 2.26. The second kappa shape index (κ2) is 10.3. The molecule has 5 aromatic rings. The standard InChI is InChI=1S/C29H29ClN4/c30-18-9-3-8-17-25-32-27-28(34(25)20-22-13-6-2-7-14-22)24-16-10-15-23(26(24)33-29(27)31)19-21-11-4-1-5-12-21/h1-2,4-7,10-16H,3,8-9,17-20H2,(H2,31,33). The first-order chi connectivity index (χ1) is 16.7. The Bertz CT molecular complexity index is 1390. The number of pyridine rings is 1. The minimum atomic E-state index is 0.497. The van der Waals surface area contributed by atoms with Crippen molar-refractivity contribution in [3.05, 3.63) is 101 Å². The van der Waals surface area contributed by atoms with Gasteiger partial charge in [0, 0.05) is 24.2 Å². The van der Waals surface area contributed by atoms with Crippen LogP contribution in [0.15, 0.2) is 78.9 Å². The lowest BCUT2D eigenvalue weighted by molar-refractivity contribution is 0.661. The Morgan fingerprint density at radius 2 is 1.47 bits per heavy atom. The summed E-state index contributed by atoms with van der Waals surface area (Å²) in [4.78, 5) is 9.87. The zero-order chi connectivity index (χ0) is 23.3. The molecule has 0 saturated carbocycles. The number of anilines is 1. The third-order valence-corrected chi connectivity index (χ3v) is 6.62. The molecule has 34 heavy (non-hydrogen) atoms. The first-order valence-corrected chi connectivity index (χ1v) is 12.5. The van der Waals surface area contributed by atoms with Gasteiger partial charge in [-0.15, -0.1) is 11.6 Å². The molecule has 0 spiro atoms. The number of alkyl halides is 1. The third kappa shape index (κ3) is 4.64. The number of benzene rings is 3. The maximum absolute atomic E-state index is 6.53. The lowest BCUT2D eigenvalue weighted by Crippen LogP contribution is -2.06. The zero-order valence-electron chi connectivity index (χ0n) is 19.3. The predicted molar refractivity (Wildman–Crippen MR) is 143 cm³/mol. The largest absolute Gasteiger partial charge is 0.382 e. The first kappa shape index (κ1) is 22.4. The molecule has 0 amide bonds. The second-order valence-corrected chi connectivity index (χ2v) is 9.15. The summed E-state index contributed by atoms with van der Waals surface area (Å²) in [7, 11) is 0. The van der Waals surface area contributed by atoms with Gasteiger partial charge >= 0.3 is 0 Å². The highest BCUT2D eigenvalue weighted by Gasteiger charge is 2.19. The number of para-hydroxylation sites is 1. The molecule has 0 aliphatic rings. The topological polar surface area (TPSA) is 56.7 Å². The highest BCUT2D eigenvalue weighted by Crippen LogP contribution is 2.32. The monoisotopic (exact) mass is 468 g/mol. The van der Waals surface area contributed by atoms with Gasteiger partial charge in [0.2, 0.25) is 0 Å². The molecule has 0 fully saturated rings. The van der Waals surface area contributed by atoms with E-state index in [4.69, 9.17) is 27.3 Å². The molecule has 0 bridgehead atoms. The Morgan fingerprint density at radius 1 is 0.735 bits per heavy atom. The van der Waals surface area contributed by atoms with Crippen LogP contribution in [0.5, 0.6) is 0 Å². The molecule has 0 aliphatic heterocycles. The minimum Gasteiger partial charge on any atom is -0.382 e. The van der Waals surface area contributed by atoms with E-state index in [1.807, 2.05) is 6.07 Å². The summed E-state index contributed by atoms with van der Waals surface area (Å²) < 4.78 is 2.35. The van der Waals surface area contributed by atoms with E-state index in [1.54, 1.807) is 0 Å². The van der Waals surface area contributed by atoms with Gasteiger partial charge in [0.1, 0.15) is 11.3 Å². The van der Waals surface area contributed by atoms with Crippen molar-refractivity contribution >= 4 is 39.4 Å². The molecular weight excluding hydrogens is 440 g/mol. The van der Waals surface area contributed by atoms with Crippen LogP contribution >= 0.6 is 11.6 Å². The van der Waals surface area contributed by atoms with Crippen molar-refractivity contribution in [1.82, 2.24) is 14.5 Å². The van der Waals surface area contributed by atoms with E-state index in [0.717, 1.165) is 66.4 Å². The highest BCUT2D eigenvalue weighted by molar-refractivity contribution is 6.17. The van der Waals surface area contributed by atoms with Crippen LogP contribution in [-0.4, -0.2) is 20.4 Å². The average molecular weight is 469 g/mol. The number of unbranched alkanes of at least 4 members (excludes halogenated alkanes) is 2. The number of nitrogen functional groups attached to an aromatic ring is 1. The second-order valence-electron chi connectivity index (χ2n) is 8.77. The SMILES string of the molecule is Nc1nc2c(Cc3ccccc3)cccc2c2c1nc(CCCCCCl)n2Cc1ccccc1. The zero-order valence-corrected chi connectivity index (χ0v) is 20.0. The normalized spacial score (nSPS) is 11.4. The van der Waals surface area contributed by atoms with Gasteiger partial charge in [-0.3, -0.25) is 0 Å². The summed E-state index contributed by atoms with van der Waals surface area (Å²) in [5.41, 5.74) is 13.0. The first-order valence-electron chi connectivity index (χ1n) is 11.9. The van der Waals surface area contributed by atoms with Gasteiger partial charge in [-0.2, -0.15) is 0 Å². The molecule has 0 saturated heterocycles. The van der Waals surface area contributed by atoms with E-state index < -0.39 is 0 Å². The van der Waals surface area contributed by atoms with Gasteiger partial charge in [-0.25, -0.2) is 9.97 Å². The summed E-state index contributed by atoms with van der Waals surface area (Å²) in [6.07, 6.45) is 4.87. The van der Waals surface area contributed by atoms with Gasteiger partial charge in [-0.05, 0) is 36.0 Å². The van der Waals surface area contributed by atoms with Crippen LogP contribution in [0.3, 0.4) is 0 Å². The molecule has 4 nitrogen and oxygen atoms in total. The van der Waals surface area contributed by atoms with Crippen LogP contribution in [0.25, 0.3) is 21.9 Å². The summed E-state index contributed by atoms with van der Waals surface area (Å²) in [5, 5.41) is 1.10. The minimum absolute atomic E-state index is 0.497. The molecule has 0 atom stereocenters. The fourth-order valence-electron chi connectivity index (χ4n) is 4.68. The number of halogens is 1. The van der Waals surface area contributed by atoms with E-state index in [2.05, 4.69) is 77.4 Å². The molecule has 2 aromatic heterocycles. The third-order valence-electron chi connectivity index (χ3n) is 6.35. The van der Waals surface area contributed by atoms with Crippen molar-refractivity contribution in [2.75, 3.05) is 11.6 Å². The van der Waals surface area contributed by atoms with E-state index >= 15 is 0 Å². The van der Waals surface area contributed by atoms with Gasteiger partial charge < -0.3 is 10.3 Å². The maximum atomic E-state index is 6.53. The lowest BCUT2D eigenvalue weighted by atomic mass is 10.0. The molecule has 0 radical (unpaired) electrons. The highest BCUT2D eigenvalue weighted by atomic mass is 35.5. The van der Waals surface area contributed by atoms with Crippen LogP contribution in [0.2, 0.25) is 0 Å². The summed E-state index contributed by atoms with van der Waals surface area (Å²) >= 11 is 5.90. The van der Waals surface area contributed by atoms with Crippen LogP contribution in [0, 0.1) is 0 Å². The van der Waals surface area contributed by atoms with E-state index in [9.17, 15) is 0 Å². The summed E-state index contributed by atoms with van der Waals surface area (Å²) in [6, 6.07) is 27.5. The number of nitrogens with zero attached hydrogens (tertiary/aromatic N) is 3. The molecule has 3 aromatic carbocycles. The van der Waals surface area contributed by atoms with Gasteiger partial charge in [0.05, 0.1) is 11.0 Å². The Labute approximate surface area is 205 Å². The number of aryl methyl sites for hydroxylation is 1. The Kier molecular flexibility index (Phi) is 6.77. The summed E-state index contributed by atoms with van der Waals surface area (Å²) in [6.45, 7) is 0.754. The molecule has 5 rings (SSSR count). The van der Waals surface area contributed by atoms with Crippen LogP contribution < -0.4 is 5.73 Å². The van der Waals surface area contributed by atoms with E-state index in [-0.39, 0.29) is 0 Å². The van der Waals surface area contributed by atoms with E-state index in [0.29, 0.717) is 11.7 Å². The fourth-order valence-corrected chi connectivity index (χ4v) is 4.87. The Balaban J connectivity index is 1.66. The van der Waals surface area contributed by atoms with Gasteiger partial charge in [-0.1, -0.05) is 85.3 Å². The van der Waals surface area contributed by atoms with Crippen LogP contribution in [0.1, 0.15) is 41.8 Å². The molecule has 2 heterocycles. The van der Waals surface area contributed by atoms with Crippen molar-refractivity contribution < 1.29 is 0 Å². The number of hydrogen-bond donors (Lipinski definition) is 1. The van der Waals surface area contributed by atoms with E-state index in [1.165, 1.54) is 16.7 Å². The Morgan fingerprint density at radius 3 is 2.21 bits per heavy atom. The Hall–Kier alpha value is -3.37. The van der Waals surface area contributed by atoms with Crippen molar-refractivity contribution in [2.24, 2.45) is 0 Å². The molecule has 0 unspecified atom stereocenters. The van der Waals surface area contributed by atoms with Crippen LogP contribution in [-0.2, 0) is 19.4 Å². The fraction of sp³-hybridized carbons (Fsp3) is 0.241. The molecular formula is C29H29ClN4. The number of rotatable bonds is 9.